The zero-order valence-electron chi connectivity index (χ0n) is 11.7. The zero-order valence-corrected chi connectivity index (χ0v) is 16.0. The predicted molar refractivity (Wildman–Crippen MR) is 106 cm³/mol. The summed E-state index contributed by atoms with van der Waals surface area (Å²) >= 11 is 4.51. The lowest BCUT2D eigenvalue weighted by molar-refractivity contribution is 0.280. The molecule has 22 heavy (non-hydrogen) atoms. The molecule has 0 unspecified atom stereocenters. The largest absolute Gasteiger partial charge is 0.487 e. The Morgan fingerprint density at radius 1 is 0.909 bits per heavy atom. The Kier molecular flexibility index (Phi) is 5.20. The summed E-state index contributed by atoms with van der Waals surface area (Å²) in [6.07, 6.45) is 0. The number of fused-ring (bicyclic) bond motifs is 1. The van der Waals surface area contributed by atoms with E-state index >= 15 is 0 Å². The van der Waals surface area contributed by atoms with Crippen LogP contribution >= 0.6 is 45.2 Å². The number of ether oxygens (including phenoxy) is 1. The summed E-state index contributed by atoms with van der Waals surface area (Å²) in [6, 6.07) is 18.5. The molecule has 4 heteroatoms. The minimum absolute atomic E-state index is 0.0512. The Morgan fingerprint density at radius 3 is 2.32 bits per heavy atom. The molecule has 3 aromatic rings. The number of halogens is 2. The van der Waals surface area contributed by atoms with Gasteiger partial charge in [-0.05, 0) is 79.2 Å². The smallest absolute Gasteiger partial charge is 0.146 e. The van der Waals surface area contributed by atoms with Gasteiger partial charge in [-0.3, -0.25) is 0 Å². The minimum Gasteiger partial charge on any atom is -0.487 e. The first kappa shape index (κ1) is 16.0. The van der Waals surface area contributed by atoms with Crippen LogP contribution in [0.25, 0.3) is 10.8 Å². The van der Waals surface area contributed by atoms with Gasteiger partial charge in [-0.25, -0.2) is 0 Å². The van der Waals surface area contributed by atoms with Gasteiger partial charge in [-0.15, -0.1) is 0 Å². The van der Waals surface area contributed by atoms with Crippen LogP contribution in [0.5, 0.6) is 5.75 Å². The van der Waals surface area contributed by atoms with Crippen molar-refractivity contribution in [1.29, 1.82) is 0 Å². The lowest BCUT2D eigenvalue weighted by Crippen LogP contribution is -2.01. The maximum atomic E-state index is 9.26. The molecule has 3 rings (SSSR count). The van der Waals surface area contributed by atoms with Crippen LogP contribution in [0.1, 0.15) is 11.1 Å². The molecule has 0 atom stereocenters. The number of rotatable bonds is 4. The van der Waals surface area contributed by atoms with Crippen molar-refractivity contribution in [2.75, 3.05) is 0 Å². The summed E-state index contributed by atoms with van der Waals surface area (Å²) in [5.74, 6) is 0.881. The molecule has 0 fully saturated rings. The molecular weight excluding hydrogens is 502 g/mol. The SMILES string of the molecule is OCc1cc(I)c(OCc2cccc3ccccc23)c(I)c1. The predicted octanol–water partition coefficient (Wildman–Crippen LogP) is 5.12. The average Bonchev–Trinajstić information content (AvgIpc) is 2.54. The first-order chi connectivity index (χ1) is 10.7. The van der Waals surface area contributed by atoms with Gasteiger partial charge in [0.1, 0.15) is 12.4 Å². The molecule has 0 aliphatic rings. The maximum absolute atomic E-state index is 9.26. The Hall–Kier alpha value is -0.860. The second kappa shape index (κ2) is 7.14. The first-order valence-corrected chi connectivity index (χ1v) is 9.03. The van der Waals surface area contributed by atoms with Crippen molar-refractivity contribution in [3.8, 4) is 5.75 Å². The molecular formula is C18H14I2O2. The van der Waals surface area contributed by atoms with Gasteiger partial charge in [-0.2, -0.15) is 0 Å². The van der Waals surface area contributed by atoms with E-state index in [9.17, 15) is 5.11 Å². The molecule has 0 bridgehead atoms. The summed E-state index contributed by atoms with van der Waals surface area (Å²) in [4.78, 5) is 0. The lowest BCUT2D eigenvalue weighted by Gasteiger charge is -2.13. The van der Waals surface area contributed by atoms with E-state index in [1.54, 1.807) is 0 Å². The molecule has 0 aromatic heterocycles. The molecule has 0 aliphatic carbocycles. The average molecular weight is 516 g/mol. The molecule has 0 heterocycles. The van der Waals surface area contributed by atoms with Gasteiger partial charge in [0, 0.05) is 0 Å². The van der Waals surface area contributed by atoms with E-state index in [0.717, 1.165) is 18.5 Å². The third-order valence-electron chi connectivity index (χ3n) is 3.49. The minimum atomic E-state index is 0.0512. The van der Waals surface area contributed by atoms with Crippen LogP contribution in [-0.2, 0) is 13.2 Å². The molecule has 0 aliphatic heterocycles. The third kappa shape index (κ3) is 3.38. The normalized spacial score (nSPS) is 10.9. The molecule has 0 radical (unpaired) electrons. The molecule has 3 aromatic carbocycles. The van der Waals surface area contributed by atoms with E-state index in [1.165, 1.54) is 16.3 Å². The summed E-state index contributed by atoms with van der Waals surface area (Å²) < 4.78 is 8.11. The highest BCUT2D eigenvalue weighted by atomic mass is 127. The second-order valence-electron chi connectivity index (χ2n) is 4.97. The fraction of sp³-hybridized carbons (Fsp3) is 0.111. The molecule has 0 amide bonds. The maximum Gasteiger partial charge on any atom is 0.146 e. The van der Waals surface area contributed by atoms with Crippen LogP contribution in [0.4, 0.5) is 0 Å². The van der Waals surface area contributed by atoms with Gasteiger partial charge in [0.2, 0.25) is 0 Å². The van der Waals surface area contributed by atoms with E-state index in [1.807, 2.05) is 18.2 Å². The van der Waals surface area contributed by atoms with Crippen molar-refractivity contribution >= 4 is 56.0 Å². The zero-order chi connectivity index (χ0) is 15.5. The molecule has 2 nitrogen and oxygen atoms in total. The number of aliphatic hydroxyl groups is 1. The summed E-state index contributed by atoms with van der Waals surface area (Å²) in [5, 5.41) is 11.7. The standard InChI is InChI=1S/C18H14I2O2/c19-16-8-12(10-21)9-17(20)18(16)22-11-14-6-3-5-13-4-1-2-7-15(13)14/h1-9,21H,10-11H2. The second-order valence-corrected chi connectivity index (χ2v) is 7.30. The molecule has 112 valence electrons. The molecule has 0 saturated carbocycles. The van der Waals surface area contributed by atoms with Gasteiger partial charge in [0.15, 0.2) is 0 Å². The van der Waals surface area contributed by atoms with E-state index in [-0.39, 0.29) is 6.61 Å². The van der Waals surface area contributed by atoms with E-state index in [4.69, 9.17) is 4.74 Å². The number of aliphatic hydroxyl groups excluding tert-OH is 1. The van der Waals surface area contributed by atoms with Crippen LogP contribution in [0.15, 0.2) is 54.6 Å². The highest BCUT2D eigenvalue weighted by Crippen LogP contribution is 2.30. The van der Waals surface area contributed by atoms with Crippen LogP contribution in [-0.4, -0.2) is 5.11 Å². The Bertz CT molecular complexity index is 787. The fourth-order valence-electron chi connectivity index (χ4n) is 2.41. The lowest BCUT2D eigenvalue weighted by atomic mass is 10.1. The first-order valence-electron chi connectivity index (χ1n) is 6.87. The Balaban J connectivity index is 1.89. The summed E-state index contributed by atoms with van der Waals surface area (Å²) in [7, 11) is 0. The quantitative estimate of drug-likeness (QED) is 0.489. The van der Waals surface area contributed by atoms with Gasteiger partial charge < -0.3 is 9.84 Å². The van der Waals surface area contributed by atoms with Gasteiger partial charge in [0.05, 0.1) is 13.7 Å². The molecule has 0 spiro atoms. The van der Waals surface area contributed by atoms with Gasteiger partial charge in [0.25, 0.3) is 0 Å². The van der Waals surface area contributed by atoms with E-state index in [0.29, 0.717) is 6.61 Å². The van der Waals surface area contributed by atoms with Crippen molar-refractivity contribution in [2.24, 2.45) is 0 Å². The van der Waals surface area contributed by atoms with Crippen molar-refractivity contribution in [3.05, 3.63) is 72.9 Å². The number of benzene rings is 3. The topological polar surface area (TPSA) is 29.5 Å². The molecule has 0 saturated heterocycles. The van der Waals surface area contributed by atoms with E-state index < -0.39 is 0 Å². The van der Waals surface area contributed by atoms with E-state index in [2.05, 4.69) is 81.6 Å². The van der Waals surface area contributed by atoms with Crippen LogP contribution in [0.3, 0.4) is 0 Å². The molecule has 1 N–H and O–H groups in total. The van der Waals surface area contributed by atoms with Crippen molar-refractivity contribution < 1.29 is 9.84 Å². The van der Waals surface area contributed by atoms with Crippen molar-refractivity contribution in [2.45, 2.75) is 13.2 Å². The Morgan fingerprint density at radius 2 is 1.59 bits per heavy atom. The highest BCUT2D eigenvalue weighted by Gasteiger charge is 2.10. The van der Waals surface area contributed by atoms with Crippen LogP contribution < -0.4 is 4.74 Å². The van der Waals surface area contributed by atoms with Gasteiger partial charge >= 0.3 is 0 Å². The monoisotopic (exact) mass is 516 g/mol. The summed E-state index contributed by atoms with van der Waals surface area (Å²) in [6.45, 7) is 0.585. The number of hydrogen-bond acceptors (Lipinski definition) is 2. The van der Waals surface area contributed by atoms with Crippen LogP contribution in [0.2, 0.25) is 0 Å². The van der Waals surface area contributed by atoms with Crippen molar-refractivity contribution in [1.82, 2.24) is 0 Å². The highest BCUT2D eigenvalue weighted by molar-refractivity contribution is 14.1. The van der Waals surface area contributed by atoms with Gasteiger partial charge in [-0.1, -0.05) is 42.5 Å². The van der Waals surface area contributed by atoms with Crippen LogP contribution in [0, 0.1) is 7.14 Å². The third-order valence-corrected chi connectivity index (χ3v) is 5.10. The number of hydrogen-bond donors (Lipinski definition) is 1. The van der Waals surface area contributed by atoms with Crippen molar-refractivity contribution in [3.63, 3.8) is 0 Å². The fourth-order valence-corrected chi connectivity index (χ4v) is 4.62. The Labute approximate surface area is 156 Å². The summed E-state index contributed by atoms with van der Waals surface area (Å²) in [5.41, 5.74) is 2.09.